The van der Waals surface area contributed by atoms with Crippen molar-refractivity contribution in [2.45, 2.75) is 70.1 Å². The van der Waals surface area contributed by atoms with Gasteiger partial charge in [0.2, 0.25) is 5.91 Å². The van der Waals surface area contributed by atoms with Crippen molar-refractivity contribution in [2.24, 2.45) is 17.3 Å². The number of hydrogen-bond donors (Lipinski definition) is 2. The molecular weight excluding hydrogens is 566 g/mol. The van der Waals surface area contributed by atoms with Crippen LogP contribution in [0.25, 0.3) is 0 Å². The molecule has 43 heavy (non-hydrogen) atoms. The molecule has 4 aliphatic rings. The average molecular weight is 603 g/mol. The Hall–Kier alpha value is -3.20. The summed E-state index contributed by atoms with van der Waals surface area (Å²) in [5, 5.41) is 6.64. The van der Waals surface area contributed by atoms with E-state index in [-0.39, 0.29) is 35.6 Å². The summed E-state index contributed by atoms with van der Waals surface area (Å²) in [6.07, 6.45) is 2.25. The number of carbonyl (C=O) groups excluding carboxylic acids is 2. The van der Waals surface area contributed by atoms with E-state index in [9.17, 15) is 14.0 Å². The van der Waals surface area contributed by atoms with Crippen LogP contribution >= 0.6 is 11.6 Å². The molecule has 3 aliphatic carbocycles. The van der Waals surface area contributed by atoms with Gasteiger partial charge in [-0.3, -0.25) is 9.59 Å². The fourth-order valence-corrected chi connectivity index (χ4v) is 7.66. The molecule has 3 aromatic carbocycles. The van der Waals surface area contributed by atoms with Gasteiger partial charge >= 0.3 is 7.12 Å². The predicted octanol–water partition coefficient (Wildman–Crippen LogP) is 6.34. The highest BCUT2D eigenvalue weighted by atomic mass is 35.5. The normalized spacial score (nSPS) is 26.5. The highest BCUT2D eigenvalue weighted by Crippen LogP contribution is 2.65. The first-order valence-corrected chi connectivity index (χ1v) is 15.4. The van der Waals surface area contributed by atoms with Gasteiger partial charge in [-0.2, -0.15) is 0 Å². The van der Waals surface area contributed by atoms with E-state index in [2.05, 4.69) is 31.4 Å². The van der Waals surface area contributed by atoms with Crippen molar-refractivity contribution in [3.63, 3.8) is 0 Å². The van der Waals surface area contributed by atoms with Gasteiger partial charge in [0.15, 0.2) is 0 Å². The van der Waals surface area contributed by atoms with Crippen LogP contribution in [0, 0.1) is 23.1 Å². The third-order valence-corrected chi connectivity index (χ3v) is 10.2. The Kier molecular flexibility index (Phi) is 8.13. The molecule has 0 radical (unpaired) electrons. The van der Waals surface area contributed by atoms with Crippen LogP contribution in [0.1, 0.15) is 67.6 Å². The smallest absolute Gasteiger partial charge is 0.404 e. The molecule has 6 nitrogen and oxygen atoms in total. The van der Waals surface area contributed by atoms with Gasteiger partial charge in [-0.05, 0) is 91.0 Å². The van der Waals surface area contributed by atoms with Crippen molar-refractivity contribution in [1.29, 1.82) is 0 Å². The summed E-state index contributed by atoms with van der Waals surface area (Å²) in [5.41, 5.74) is 1.64. The maximum absolute atomic E-state index is 14.2. The zero-order chi connectivity index (χ0) is 30.4. The molecule has 1 heterocycles. The summed E-state index contributed by atoms with van der Waals surface area (Å²) in [4.78, 5) is 26.9. The van der Waals surface area contributed by atoms with Crippen molar-refractivity contribution in [1.82, 2.24) is 10.6 Å². The van der Waals surface area contributed by atoms with Crippen LogP contribution in [0.3, 0.4) is 0 Å². The van der Waals surface area contributed by atoms with Crippen LogP contribution < -0.4 is 10.6 Å². The average Bonchev–Trinajstić information content (AvgIpc) is 3.34. The van der Waals surface area contributed by atoms with E-state index < -0.39 is 24.7 Å². The van der Waals surface area contributed by atoms with Crippen molar-refractivity contribution >= 4 is 30.5 Å². The van der Waals surface area contributed by atoms with Gasteiger partial charge in [-0.1, -0.05) is 67.9 Å². The Morgan fingerprint density at radius 1 is 1.00 bits per heavy atom. The Balaban J connectivity index is 1.23. The number of nitrogens with one attached hydrogen (secondary N) is 2. The number of halogens is 2. The quantitative estimate of drug-likeness (QED) is 0.281. The molecule has 7 rings (SSSR count). The number of hydrogen-bond acceptors (Lipinski definition) is 4. The van der Waals surface area contributed by atoms with Gasteiger partial charge in [0, 0.05) is 10.6 Å². The van der Waals surface area contributed by atoms with E-state index >= 15 is 0 Å². The molecule has 1 aliphatic heterocycles. The summed E-state index contributed by atoms with van der Waals surface area (Å²) in [6, 6.07) is 21.7. The topological polar surface area (TPSA) is 76.7 Å². The van der Waals surface area contributed by atoms with Crippen LogP contribution in [0.5, 0.6) is 0 Å². The summed E-state index contributed by atoms with van der Waals surface area (Å²) in [5.74, 6) is -0.557. The summed E-state index contributed by atoms with van der Waals surface area (Å²) in [7, 11) is -0.694. The van der Waals surface area contributed by atoms with E-state index in [1.165, 1.54) is 12.1 Å². The standard InChI is InChI=1S/C34H37BClFN2O4/c1-33(2)24-18-28(33)34(3)29(19-24)42-35(43-34)30(16-21-9-7-14-26(37)15-21)39-31(40)20-27(23-12-8-13-25(36)17-23)38-32(41)22-10-5-4-6-11-22/h4-15,17,24,27-30H,16,18-20H2,1-3H3,(H,38,41)(H,39,40)/t24-,27?,28-,29+,30-,34-/m0/s1. The van der Waals surface area contributed by atoms with Gasteiger partial charge in [-0.25, -0.2) is 4.39 Å². The second-order valence-corrected chi connectivity index (χ2v) is 13.4. The maximum atomic E-state index is 14.2. The molecule has 9 heteroatoms. The Morgan fingerprint density at radius 3 is 2.49 bits per heavy atom. The van der Waals surface area contributed by atoms with Gasteiger partial charge in [0.05, 0.1) is 30.1 Å². The second-order valence-electron chi connectivity index (χ2n) is 13.0. The number of benzene rings is 3. The molecule has 224 valence electrons. The lowest BCUT2D eigenvalue weighted by atomic mass is 9.43. The van der Waals surface area contributed by atoms with Gasteiger partial charge < -0.3 is 19.9 Å². The fourth-order valence-electron chi connectivity index (χ4n) is 7.46. The highest BCUT2D eigenvalue weighted by molar-refractivity contribution is 6.48. The molecule has 6 atom stereocenters. The van der Waals surface area contributed by atoms with E-state index in [0.717, 1.165) is 18.4 Å². The number of amides is 2. The van der Waals surface area contributed by atoms with E-state index in [4.69, 9.17) is 20.9 Å². The van der Waals surface area contributed by atoms with Gasteiger partial charge in [0.1, 0.15) is 5.82 Å². The zero-order valence-electron chi connectivity index (χ0n) is 24.7. The van der Waals surface area contributed by atoms with Crippen molar-refractivity contribution in [3.05, 3.63) is 106 Å². The molecular formula is C34H37BClFN2O4. The lowest BCUT2D eigenvalue weighted by molar-refractivity contribution is -0.199. The molecule has 1 unspecified atom stereocenters. The lowest BCUT2D eigenvalue weighted by Crippen LogP contribution is -2.65. The van der Waals surface area contributed by atoms with Crippen molar-refractivity contribution in [2.75, 3.05) is 0 Å². The largest absolute Gasteiger partial charge is 0.482 e. The Morgan fingerprint density at radius 2 is 1.77 bits per heavy atom. The predicted molar refractivity (Wildman–Crippen MR) is 165 cm³/mol. The number of rotatable bonds is 9. The molecule has 2 N–H and O–H groups in total. The van der Waals surface area contributed by atoms with Crippen LogP contribution in [0.15, 0.2) is 78.9 Å². The van der Waals surface area contributed by atoms with Crippen LogP contribution in [0.4, 0.5) is 4.39 Å². The zero-order valence-corrected chi connectivity index (χ0v) is 25.4. The molecule has 1 saturated heterocycles. The number of carbonyl (C=O) groups is 2. The van der Waals surface area contributed by atoms with E-state index in [0.29, 0.717) is 34.4 Å². The molecule has 0 aromatic heterocycles. The Bertz CT molecular complexity index is 1510. The highest BCUT2D eigenvalue weighted by Gasteiger charge is 2.68. The van der Waals surface area contributed by atoms with Crippen LogP contribution in [-0.2, 0) is 20.5 Å². The summed E-state index contributed by atoms with van der Waals surface area (Å²) >= 11 is 6.28. The lowest BCUT2D eigenvalue weighted by Gasteiger charge is -2.64. The first-order chi connectivity index (χ1) is 20.5. The molecule has 0 spiro atoms. The minimum Gasteiger partial charge on any atom is -0.404 e. The van der Waals surface area contributed by atoms with E-state index in [1.807, 2.05) is 18.2 Å². The molecule has 2 bridgehead atoms. The second kappa shape index (κ2) is 11.7. The van der Waals surface area contributed by atoms with Gasteiger partial charge in [0.25, 0.3) is 5.91 Å². The molecule has 3 saturated carbocycles. The molecule has 3 aromatic rings. The van der Waals surface area contributed by atoms with Crippen LogP contribution in [-0.4, -0.2) is 36.6 Å². The third kappa shape index (κ3) is 5.97. The minimum atomic E-state index is -0.694. The van der Waals surface area contributed by atoms with Gasteiger partial charge in [-0.15, -0.1) is 0 Å². The fraction of sp³-hybridized carbons (Fsp3) is 0.412. The van der Waals surface area contributed by atoms with Crippen molar-refractivity contribution < 1.29 is 23.3 Å². The van der Waals surface area contributed by atoms with Crippen molar-refractivity contribution in [3.8, 4) is 0 Å². The minimum absolute atomic E-state index is 0.0380. The first kappa shape index (κ1) is 29.9. The monoisotopic (exact) mass is 602 g/mol. The maximum Gasteiger partial charge on any atom is 0.482 e. The third-order valence-electron chi connectivity index (χ3n) is 9.97. The Labute approximate surface area is 257 Å². The summed E-state index contributed by atoms with van der Waals surface area (Å²) in [6.45, 7) is 6.74. The molecule has 2 amide bonds. The summed E-state index contributed by atoms with van der Waals surface area (Å²) < 4.78 is 27.4. The van der Waals surface area contributed by atoms with E-state index in [1.54, 1.807) is 48.5 Å². The van der Waals surface area contributed by atoms with Crippen LogP contribution in [0.2, 0.25) is 5.02 Å². The molecule has 4 fully saturated rings. The first-order valence-electron chi connectivity index (χ1n) is 15.0. The SMILES string of the molecule is CC1(C)[C@@H]2C[C@H]3OB([C@H](Cc4cccc(F)c4)NC(=O)CC(NC(=O)c4ccccc4)c4cccc(Cl)c4)O[C@@]3(C)[C@H]1C2.